The molecule has 0 saturated carbocycles. The number of aromatic amines is 1. The predicted molar refractivity (Wildman–Crippen MR) is 89.7 cm³/mol. The summed E-state index contributed by atoms with van der Waals surface area (Å²) >= 11 is 0. The third-order valence-corrected chi connectivity index (χ3v) is 3.65. The number of hydrogen-bond donors (Lipinski definition) is 2. The van der Waals surface area contributed by atoms with Crippen molar-refractivity contribution in [3.05, 3.63) is 65.6 Å². The van der Waals surface area contributed by atoms with Crippen LogP contribution in [0.4, 0.5) is 10.1 Å². The van der Waals surface area contributed by atoms with Crippen molar-refractivity contribution >= 4 is 11.6 Å². The van der Waals surface area contributed by atoms with Gasteiger partial charge in [-0.05, 0) is 43.3 Å². The maximum Gasteiger partial charge on any atom is 0.255 e. The molecule has 0 spiro atoms. The first-order chi connectivity index (χ1) is 11.6. The minimum absolute atomic E-state index is 0.337. The Hall–Kier alpha value is -3.15. The smallest absolute Gasteiger partial charge is 0.255 e. The fraction of sp³-hybridized carbons (Fsp3) is 0.111. The van der Waals surface area contributed by atoms with Crippen molar-refractivity contribution in [2.75, 3.05) is 12.4 Å². The Morgan fingerprint density at radius 1 is 1.17 bits per heavy atom. The molecular formula is C18H16FN3O2. The topological polar surface area (TPSA) is 67.0 Å². The summed E-state index contributed by atoms with van der Waals surface area (Å²) in [5.41, 5.74) is 2.99. The highest BCUT2D eigenvalue weighted by Crippen LogP contribution is 2.34. The van der Waals surface area contributed by atoms with Gasteiger partial charge in [-0.2, -0.15) is 5.10 Å². The maximum absolute atomic E-state index is 13.0. The van der Waals surface area contributed by atoms with Gasteiger partial charge in [-0.25, -0.2) is 4.39 Å². The van der Waals surface area contributed by atoms with E-state index < -0.39 is 0 Å². The lowest BCUT2D eigenvalue weighted by Gasteiger charge is -2.10. The summed E-state index contributed by atoms with van der Waals surface area (Å²) in [6.45, 7) is 1.81. The number of carbonyl (C=O) groups excluding carboxylic acids is 1. The molecule has 0 bridgehead atoms. The number of amides is 1. The van der Waals surface area contributed by atoms with Crippen LogP contribution in [0.1, 0.15) is 16.1 Å². The van der Waals surface area contributed by atoms with Crippen LogP contribution in [0.5, 0.6) is 5.75 Å². The summed E-state index contributed by atoms with van der Waals surface area (Å²) in [7, 11) is 1.58. The lowest BCUT2D eigenvalue weighted by atomic mass is 10.1. The number of ether oxygens (including phenoxy) is 1. The predicted octanol–water partition coefficient (Wildman–Crippen LogP) is 3.79. The van der Waals surface area contributed by atoms with E-state index in [4.69, 9.17) is 4.74 Å². The molecule has 2 N–H and O–H groups in total. The Bertz CT molecular complexity index is 872. The molecule has 0 aliphatic carbocycles. The van der Waals surface area contributed by atoms with Crippen molar-refractivity contribution in [2.24, 2.45) is 0 Å². The van der Waals surface area contributed by atoms with Gasteiger partial charge in [0.25, 0.3) is 5.91 Å². The van der Waals surface area contributed by atoms with Gasteiger partial charge in [0.05, 0.1) is 18.5 Å². The number of rotatable bonds is 4. The SMILES string of the molecule is COc1ccccc1-c1n[nH]c(C)c1NC(=O)c1ccc(F)cc1. The fourth-order valence-electron chi connectivity index (χ4n) is 2.40. The normalized spacial score (nSPS) is 10.5. The number of methoxy groups -OCH3 is 1. The highest BCUT2D eigenvalue weighted by molar-refractivity contribution is 6.06. The molecule has 3 rings (SSSR count). The molecule has 0 unspecified atom stereocenters. The van der Waals surface area contributed by atoms with E-state index in [0.717, 1.165) is 5.56 Å². The quantitative estimate of drug-likeness (QED) is 0.767. The van der Waals surface area contributed by atoms with Crippen LogP contribution in [0.25, 0.3) is 11.3 Å². The standard InChI is InChI=1S/C18H16FN3O2/c1-11-16(20-18(23)12-7-9-13(19)10-8-12)17(22-21-11)14-5-3-4-6-15(14)24-2/h3-10H,1-2H3,(H,20,23)(H,21,22). The number of aromatic nitrogens is 2. The van der Waals surface area contributed by atoms with Crippen LogP contribution >= 0.6 is 0 Å². The number of H-pyrrole nitrogens is 1. The molecule has 1 aromatic heterocycles. The van der Waals surface area contributed by atoms with Crippen LogP contribution in [-0.2, 0) is 0 Å². The monoisotopic (exact) mass is 325 g/mol. The molecule has 2 aromatic carbocycles. The zero-order valence-electron chi connectivity index (χ0n) is 13.3. The summed E-state index contributed by atoms with van der Waals surface area (Å²) in [5, 5.41) is 9.98. The molecule has 122 valence electrons. The number of nitrogens with zero attached hydrogens (tertiary/aromatic N) is 1. The van der Waals surface area contributed by atoms with Crippen LogP contribution in [0.3, 0.4) is 0 Å². The zero-order valence-corrected chi connectivity index (χ0v) is 13.3. The summed E-state index contributed by atoms with van der Waals surface area (Å²) in [4.78, 5) is 12.4. The van der Waals surface area contributed by atoms with E-state index >= 15 is 0 Å². The summed E-state index contributed by atoms with van der Waals surface area (Å²) in [6, 6.07) is 12.8. The van der Waals surface area contributed by atoms with Gasteiger partial charge in [-0.1, -0.05) is 12.1 Å². The maximum atomic E-state index is 13.0. The highest BCUT2D eigenvalue weighted by Gasteiger charge is 2.18. The van der Waals surface area contributed by atoms with Crippen molar-refractivity contribution in [1.82, 2.24) is 10.2 Å². The number of halogens is 1. The molecule has 3 aromatic rings. The van der Waals surface area contributed by atoms with Crippen molar-refractivity contribution in [2.45, 2.75) is 6.92 Å². The van der Waals surface area contributed by atoms with E-state index in [-0.39, 0.29) is 11.7 Å². The lowest BCUT2D eigenvalue weighted by Crippen LogP contribution is -2.13. The van der Waals surface area contributed by atoms with Gasteiger partial charge < -0.3 is 10.1 Å². The number of aryl methyl sites for hydroxylation is 1. The molecule has 6 heteroatoms. The second-order valence-electron chi connectivity index (χ2n) is 5.23. The highest BCUT2D eigenvalue weighted by atomic mass is 19.1. The molecule has 0 fully saturated rings. The Kier molecular flexibility index (Phi) is 4.29. The van der Waals surface area contributed by atoms with Gasteiger partial charge in [0, 0.05) is 11.1 Å². The van der Waals surface area contributed by atoms with Crippen LogP contribution in [0.2, 0.25) is 0 Å². The van der Waals surface area contributed by atoms with Gasteiger partial charge in [0.15, 0.2) is 0 Å². The Balaban J connectivity index is 1.96. The molecule has 0 aliphatic heterocycles. The number of carbonyl (C=O) groups is 1. The van der Waals surface area contributed by atoms with Gasteiger partial charge in [-0.3, -0.25) is 9.89 Å². The molecule has 1 heterocycles. The number of benzene rings is 2. The Labute approximate surface area is 138 Å². The molecule has 0 aliphatic rings. The molecule has 0 radical (unpaired) electrons. The first-order valence-corrected chi connectivity index (χ1v) is 7.35. The number of para-hydroxylation sites is 1. The van der Waals surface area contributed by atoms with E-state index in [2.05, 4.69) is 15.5 Å². The average Bonchev–Trinajstić information content (AvgIpc) is 2.96. The van der Waals surface area contributed by atoms with Gasteiger partial charge >= 0.3 is 0 Å². The minimum atomic E-state index is -0.388. The second kappa shape index (κ2) is 6.54. The molecule has 5 nitrogen and oxygen atoms in total. The van der Waals surface area contributed by atoms with Crippen molar-refractivity contribution in [3.63, 3.8) is 0 Å². The van der Waals surface area contributed by atoms with E-state index in [1.807, 2.05) is 31.2 Å². The van der Waals surface area contributed by atoms with E-state index in [1.54, 1.807) is 7.11 Å². The zero-order chi connectivity index (χ0) is 17.1. The number of hydrogen-bond acceptors (Lipinski definition) is 3. The average molecular weight is 325 g/mol. The van der Waals surface area contributed by atoms with Crippen molar-refractivity contribution in [3.8, 4) is 17.0 Å². The fourth-order valence-corrected chi connectivity index (χ4v) is 2.40. The van der Waals surface area contributed by atoms with Crippen LogP contribution in [-0.4, -0.2) is 23.2 Å². The van der Waals surface area contributed by atoms with Crippen LogP contribution < -0.4 is 10.1 Å². The number of anilines is 1. The molecule has 0 atom stereocenters. The van der Waals surface area contributed by atoms with E-state index in [0.29, 0.717) is 28.4 Å². The first-order valence-electron chi connectivity index (χ1n) is 7.35. The largest absolute Gasteiger partial charge is 0.496 e. The molecule has 1 amide bonds. The molecule has 0 saturated heterocycles. The minimum Gasteiger partial charge on any atom is -0.496 e. The third kappa shape index (κ3) is 2.99. The van der Waals surface area contributed by atoms with Crippen LogP contribution in [0.15, 0.2) is 48.5 Å². The van der Waals surface area contributed by atoms with E-state index in [9.17, 15) is 9.18 Å². The Morgan fingerprint density at radius 2 is 1.88 bits per heavy atom. The van der Waals surface area contributed by atoms with Gasteiger partial charge in [0.2, 0.25) is 0 Å². The lowest BCUT2D eigenvalue weighted by molar-refractivity contribution is 0.102. The second-order valence-corrected chi connectivity index (χ2v) is 5.23. The summed E-state index contributed by atoms with van der Waals surface area (Å²) in [5.74, 6) is -0.0716. The third-order valence-electron chi connectivity index (χ3n) is 3.65. The molecule has 24 heavy (non-hydrogen) atoms. The van der Waals surface area contributed by atoms with Crippen molar-refractivity contribution in [1.29, 1.82) is 0 Å². The number of nitrogens with one attached hydrogen (secondary N) is 2. The van der Waals surface area contributed by atoms with Crippen LogP contribution in [0, 0.1) is 12.7 Å². The summed E-state index contributed by atoms with van der Waals surface area (Å²) in [6.07, 6.45) is 0. The van der Waals surface area contributed by atoms with Gasteiger partial charge in [0.1, 0.15) is 17.3 Å². The van der Waals surface area contributed by atoms with Gasteiger partial charge in [-0.15, -0.1) is 0 Å². The van der Waals surface area contributed by atoms with Crippen molar-refractivity contribution < 1.29 is 13.9 Å². The first kappa shape index (κ1) is 15.7. The Morgan fingerprint density at radius 3 is 2.58 bits per heavy atom. The van der Waals surface area contributed by atoms with E-state index in [1.165, 1.54) is 24.3 Å². The molecular weight excluding hydrogens is 309 g/mol. The summed E-state index contributed by atoms with van der Waals surface area (Å²) < 4.78 is 18.4.